The van der Waals surface area contributed by atoms with Crippen LogP contribution in [0.1, 0.15) is 22.8 Å². The molecule has 1 amide bonds. The highest BCUT2D eigenvalue weighted by Gasteiger charge is 2.28. The van der Waals surface area contributed by atoms with Gasteiger partial charge in [0.1, 0.15) is 0 Å². The summed E-state index contributed by atoms with van der Waals surface area (Å²) in [5.74, 6) is -1.57. The maximum atomic E-state index is 12.6. The molecular formula is C15H20N2O6S. The van der Waals surface area contributed by atoms with Crippen LogP contribution in [-0.2, 0) is 24.3 Å². The summed E-state index contributed by atoms with van der Waals surface area (Å²) < 4.78 is 36.7. The Labute approximate surface area is 140 Å². The van der Waals surface area contributed by atoms with Gasteiger partial charge in [0.25, 0.3) is 5.91 Å². The SMILES string of the molecule is Cc1ccc(S(=O)(=O)N2CCOCC2)cc1C(=O)O[C@@H](C)C(N)=O. The normalized spacial score (nSPS) is 17.2. The fourth-order valence-electron chi connectivity index (χ4n) is 2.20. The minimum absolute atomic E-state index is 0.00585. The first-order valence-corrected chi connectivity index (χ1v) is 8.86. The van der Waals surface area contributed by atoms with E-state index in [0.717, 1.165) is 0 Å². The van der Waals surface area contributed by atoms with Crippen LogP contribution in [0.2, 0.25) is 0 Å². The lowest BCUT2D eigenvalue weighted by molar-refractivity contribution is -0.125. The molecule has 9 heteroatoms. The van der Waals surface area contributed by atoms with Gasteiger partial charge in [0.05, 0.1) is 23.7 Å². The summed E-state index contributed by atoms with van der Waals surface area (Å²) in [7, 11) is -3.73. The van der Waals surface area contributed by atoms with Crippen LogP contribution < -0.4 is 5.73 Å². The average Bonchev–Trinajstić information content (AvgIpc) is 2.55. The number of ether oxygens (including phenoxy) is 2. The second kappa shape index (κ2) is 7.29. The van der Waals surface area contributed by atoms with E-state index in [1.807, 2.05) is 0 Å². The van der Waals surface area contributed by atoms with Crippen molar-refractivity contribution in [2.24, 2.45) is 5.73 Å². The number of esters is 1. The summed E-state index contributed by atoms with van der Waals surface area (Å²) in [4.78, 5) is 23.2. The van der Waals surface area contributed by atoms with Gasteiger partial charge in [0.15, 0.2) is 6.10 Å². The van der Waals surface area contributed by atoms with Crippen LogP contribution in [0, 0.1) is 6.92 Å². The molecular weight excluding hydrogens is 336 g/mol. The molecule has 1 atom stereocenters. The van der Waals surface area contributed by atoms with E-state index in [-0.39, 0.29) is 23.5 Å². The van der Waals surface area contributed by atoms with Crippen molar-refractivity contribution in [3.05, 3.63) is 29.3 Å². The van der Waals surface area contributed by atoms with Gasteiger partial charge in [-0.3, -0.25) is 4.79 Å². The van der Waals surface area contributed by atoms with Crippen molar-refractivity contribution < 1.29 is 27.5 Å². The lowest BCUT2D eigenvalue weighted by atomic mass is 10.1. The lowest BCUT2D eigenvalue weighted by Crippen LogP contribution is -2.40. The molecule has 0 unspecified atom stereocenters. The van der Waals surface area contributed by atoms with Crippen molar-refractivity contribution in [3.8, 4) is 0 Å². The van der Waals surface area contributed by atoms with Crippen LogP contribution in [0.5, 0.6) is 0 Å². The first-order valence-electron chi connectivity index (χ1n) is 7.42. The van der Waals surface area contributed by atoms with Gasteiger partial charge in [0, 0.05) is 13.1 Å². The van der Waals surface area contributed by atoms with Gasteiger partial charge in [0.2, 0.25) is 10.0 Å². The van der Waals surface area contributed by atoms with Gasteiger partial charge in [-0.05, 0) is 31.5 Å². The smallest absolute Gasteiger partial charge is 0.339 e. The topological polar surface area (TPSA) is 116 Å². The molecule has 1 fully saturated rings. The van der Waals surface area contributed by atoms with Crippen LogP contribution >= 0.6 is 0 Å². The minimum Gasteiger partial charge on any atom is -0.449 e. The van der Waals surface area contributed by atoms with Crippen molar-refractivity contribution in [3.63, 3.8) is 0 Å². The van der Waals surface area contributed by atoms with Crippen molar-refractivity contribution in [1.29, 1.82) is 0 Å². The molecule has 0 saturated carbocycles. The van der Waals surface area contributed by atoms with Crippen molar-refractivity contribution in [2.45, 2.75) is 24.8 Å². The van der Waals surface area contributed by atoms with E-state index in [0.29, 0.717) is 18.8 Å². The molecule has 1 aromatic rings. The third-order valence-corrected chi connectivity index (χ3v) is 5.62. The maximum absolute atomic E-state index is 12.6. The molecule has 0 aromatic heterocycles. The molecule has 0 spiro atoms. The van der Waals surface area contributed by atoms with Gasteiger partial charge in [-0.1, -0.05) is 6.07 Å². The van der Waals surface area contributed by atoms with Crippen LogP contribution in [0.15, 0.2) is 23.1 Å². The number of nitrogens with two attached hydrogens (primary N) is 1. The summed E-state index contributed by atoms with van der Waals surface area (Å²) in [6.45, 7) is 4.18. The molecule has 132 valence electrons. The number of hydrogen-bond donors (Lipinski definition) is 1. The molecule has 0 radical (unpaired) electrons. The predicted molar refractivity (Wildman–Crippen MR) is 84.8 cm³/mol. The largest absolute Gasteiger partial charge is 0.449 e. The van der Waals surface area contributed by atoms with Crippen LogP contribution in [-0.4, -0.2) is 57.0 Å². The summed E-state index contributed by atoms with van der Waals surface area (Å²) in [5.41, 5.74) is 5.69. The number of carbonyl (C=O) groups excluding carboxylic acids is 2. The number of primary amides is 1. The summed E-state index contributed by atoms with van der Waals surface area (Å²) in [6.07, 6.45) is -1.10. The molecule has 0 aliphatic carbocycles. The zero-order valence-corrected chi connectivity index (χ0v) is 14.3. The summed E-state index contributed by atoms with van der Waals surface area (Å²) in [6, 6.07) is 4.23. The van der Waals surface area contributed by atoms with Crippen LogP contribution in [0.25, 0.3) is 0 Å². The van der Waals surface area contributed by atoms with Gasteiger partial charge < -0.3 is 15.2 Å². The van der Waals surface area contributed by atoms with E-state index < -0.39 is 28.0 Å². The first kappa shape index (κ1) is 18.4. The molecule has 1 saturated heterocycles. The Bertz CT molecular complexity index is 740. The van der Waals surface area contributed by atoms with Crippen LogP contribution in [0.4, 0.5) is 0 Å². The highest BCUT2D eigenvalue weighted by atomic mass is 32.2. The van der Waals surface area contributed by atoms with E-state index in [1.165, 1.54) is 29.4 Å². The number of rotatable bonds is 5. The molecule has 8 nitrogen and oxygen atoms in total. The molecule has 2 N–H and O–H groups in total. The third kappa shape index (κ3) is 3.92. The molecule has 2 rings (SSSR count). The standard InChI is InChI=1S/C15H20N2O6S/c1-10-3-4-12(24(20,21)17-5-7-22-8-6-17)9-13(10)15(19)23-11(2)14(16)18/h3-4,9,11H,5-8H2,1-2H3,(H2,16,18)/t11-/m0/s1. The molecule has 1 aliphatic rings. The number of morpholine rings is 1. The lowest BCUT2D eigenvalue weighted by Gasteiger charge is -2.26. The maximum Gasteiger partial charge on any atom is 0.339 e. The fraction of sp³-hybridized carbons (Fsp3) is 0.467. The van der Waals surface area contributed by atoms with Gasteiger partial charge >= 0.3 is 5.97 Å². The Morgan fingerprint density at radius 2 is 1.92 bits per heavy atom. The van der Waals surface area contributed by atoms with Crippen molar-refractivity contribution >= 4 is 21.9 Å². The zero-order valence-electron chi connectivity index (χ0n) is 13.5. The summed E-state index contributed by atoms with van der Waals surface area (Å²) >= 11 is 0. The average molecular weight is 356 g/mol. The molecule has 1 aliphatic heterocycles. The highest BCUT2D eigenvalue weighted by molar-refractivity contribution is 7.89. The first-order chi connectivity index (χ1) is 11.2. The van der Waals surface area contributed by atoms with Gasteiger partial charge in [-0.25, -0.2) is 13.2 Å². The van der Waals surface area contributed by atoms with E-state index in [4.69, 9.17) is 15.2 Å². The van der Waals surface area contributed by atoms with Crippen molar-refractivity contribution in [1.82, 2.24) is 4.31 Å². The van der Waals surface area contributed by atoms with Crippen LogP contribution in [0.3, 0.4) is 0 Å². The Morgan fingerprint density at radius 3 is 2.50 bits per heavy atom. The van der Waals surface area contributed by atoms with Gasteiger partial charge in [-0.2, -0.15) is 4.31 Å². The number of amides is 1. The minimum atomic E-state index is -3.73. The van der Waals surface area contributed by atoms with Gasteiger partial charge in [-0.15, -0.1) is 0 Å². The number of benzene rings is 1. The predicted octanol–water partition coefficient (Wildman–Crippen LogP) is 0.0465. The Balaban J connectivity index is 2.31. The number of sulfonamides is 1. The van der Waals surface area contributed by atoms with Crippen molar-refractivity contribution in [2.75, 3.05) is 26.3 Å². The Kier molecular flexibility index (Phi) is 5.58. The Morgan fingerprint density at radius 1 is 1.29 bits per heavy atom. The zero-order chi connectivity index (χ0) is 17.9. The van der Waals surface area contributed by atoms with E-state index in [9.17, 15) is 18.0 Å². The Hall–Kier alpha value is -1.97. The summed E-state index contributed by atoms with van der Waals surface area (Å²) in [5, 5.41) is 0. The second-order valence-corrected chi connectivity index (χ2v) is 7.38. The number of hydrogen-bond acceptors (Lipinski definition) is 6. The third-order valence-electron chi connectivity index (χ3n) is 3.72. The molecule has 24 heavy (non-hydrogen) atoms. The van der Waals surface area contributed by atoms with E-state index in [2.05, 4.69) is 0 Å². The number of nitrogens with zero attached hydrogens (tertiary/aromatic N) is 1. The van der Waals surface area contributed by atoms with E-state index >= 15 is 0 Å². The molecule has 0 bridgehead atoms. The molecule has 1 aromatic carbocycles. The van der Waals surface area contributed by atoms with E-state index in [1.54, 1.807) is 6.92 Å². The number of aryl methyl sites for hydroxylation is 1. The highest BCUT2D eigenvalue weighted by Crippen LogP contribution is 2.21. The molecule has 1 heterocycles. The monoisotopic (exact) mass is 356 g/mol. The second-order valence-electron chi connectivity index (χ2n) is 5.44. The quantitative estimate of drug-likeness (QED) is 0.745. The number of carbonyl (C=O) groups is 2. The fourth-order valence-corrected chi connectivity index (χ4v) is 3.63.